The van der Waals surface area contributed by atoms with Crippen LogP contribution in [0.5, 0.6) is 0 Å². The summed E-state index contributed by atoms with van der Waals surface area (Å²) >= 11 is 3.35. The van der Waals surface area contributed by atoms with Gasteiger partial charge in [0.25, 0.3) is 5.91 Å². The number of nitrogens with zero attached hydrogens (tertiary/aromatic N) is 5. The molecule has 0 saturated carbocycles. The summed E-state index contributed by atoms with van der Waals surface area (Å²) in [6.45, 7) is 5.24. The normalized spacial score (nSPS) is 16.0. The van der Waals surface area contributed by atoms with E-state index in [1.54, 1.807) is 18.6 Å². The second-order valence-electron chi connectivity index (χ2n) is 5.33. The molecule has 1 aliphatic rings. The lowest BCUT2D eigenvalue weighted by atomic mass is 10.2. The van der Waals surface area contributed by atoms with Crippen molar-refractivity contribution in [2.24, 2.45) is 0 Å². The smallest absolute Gasteiger partial charge is 0.255 e. The van der Waals surface area contributed by atoms with Crippen molar-refractivity contribution in [3.63, 3.8) is 0 Å². The van der Waals surface area contributed by atoms with Crippen LogP contribution in [0.4, 0.5) is 0 Å². The van der Waals surface area contributed by atoms with Crippen molar-refractivity contribution in [3.8, 4) is 0 Å². The standard InChI is InChI=1S/C15H18BrN5O/c16-14-9-13(10-18-11-14)15(22)21-7-5-19(6-8-21)3-4-20-2-1-17-12-20/h1-2,9-12H,3-8H2. The predicted octanol–water partition coefficient (Wildman–Crippen LogP) is 1.50. The van der Waals surface area contributed by atoms with E-state index in [9.17, 15) is 4.79 Å². The fourth-order valence-corrected chi connectivity index (χ4v) is 2.93. The first kappa shape index (κ1) is 15.2. The summed E-state index contributed by atoms with van der Waals surface area (Å²) in [6.07, 6.45) is 8.91. The SMILES string of the molecule is O=C(c1cncc(Br)c1)N1CCN(CCn2ccnc2)CC1. The van der Waals surface area contributed by atoms with Gasteiger partial charge in [0.15, 0.2) is 0 Å². The van der Waals surface area contributed by atoms with Crippen molar-refractivity contribution in [1.29, 1.82) is 0 Å². The van der Waals surface area contributed by atoms with E-state index in [4.69, 9.17) is 0 Å². The van der Waals surface area contributed by atoms with Crippen LogP contribution < -0.4 is 0 Å². The van der Waals surface area contributed by atoms with Gasteiger partial charge in [-0.3, -0.25) is 14.7 Å². The quantitative estimate of drug-likeness (QED) is 0.825. The molecule has 2 aromatic heterocycles. The van der Waals surface area contributed by atoms with Crippen LogP contribution in [0.15, 0.2) is 41.7 Å². The van der Waals surface area contributed by atoms with Gasteiger partial charge in [0.2, 0.25) is 0 Å². The largest absolute Gasteiger partial charge is 0.336 e. The van der Waals surface area contributed by atoms with Gasteiger partial charge in [-0.25, -0.2) is 4.98 Å². The van der Waals surface area contributed by atoms with Crippen LogP contribution in [0.1, 0.15) is 10.4 Å². The second-order valence-corrected chi connectivity index (χ2v) is 6.24. The van der Waals surface area contributed by atoms with Gasteiger partial charge < -0.3 is 9.47 Å². The van der Waals surface area contributed by atoms with E-state index in [1.165, 1.54) is 0 Å². The molecule has 7 heteroatoms. The van der Waals surface area contributed by atoms with Crippen LogP contribution in [-0.4, -0.2) is 63.0 Å². The number of aromatic nitrogens is 3. The van der Waals surface area contributed by atoms with Crippen molar-refractivity contribution in [2.75, 3.05) is 32.7 Å². The number of hydrogen-bond acceptors (Lipinski definition) is 4. The minimum atomic E-state index is 0.0584. The highest BCUT2D eigenvalue weighted by atomic mass is 79.9. The number of carbonyl (C=O) groups excluding carboxylic acids is 1. The van der Waals surface area contributed by atoms with Gasteiger partial charge in [-0.05, 0) is 22.0 Å². The van der Waals surface area contributed by atoms with E-state index >= 15 is 0 Å². The van der Waals surface area contributed by atoms with Crippen LogP contribution in [0.2, 0.25) is 0 Å². The molecule has 6 nitrogen and oxygen atoms in total. The number of imidazole rings is 1. The lowest BCUT2D eigenvalue weighted by Crippen LogP contribution is -2.49. The predicted molar refractivity (Wildman–Crippen MR) is 86.5 cm³/mol. The number of amides is 1. The molecule has 0 radical (unpaired) electrons. The Morgan fingerprint density at radius 2 is 1.95 bits per heavy atom. The molecular formula is C15H18BrN5O. The molecule has 0 aliphatic carbocycles. The Labute approximate surface area is 137 Å². The minimum absolute atomic E-state index is 0.0584. The van der Waals surface area contributed by atoms with Gasteiger partial charge >= 0.3 is 0 Å². The molecule has 0 unspecified atom stereocenters. The van der Waals surface area contributed by atoms with E-state index in [-0.39, 0.29) is 5.91 Å². The summed E-state index contributed by atoms with van der Waals surface area (Å²) < 4.78 is 2.90. The van der Waals surface area contributed by atoms with Crippen molar-refractivity contribution < 1.29 is 4.79 Å². The van der Waals surface area contributed by atoms with Gasteiger partial charge in [-0.2, -0.15) is 0 Å². The molecule has 1 amide bonds. The first-order chi connectivity index (χ1) is 10.7. The Kier molecular flexibility index (Phi) is 4.84. The zero-order valence-electron chi connectivity index (χ0n) is 12.2. The molecular weight excluding hydrogens is 346 g/mol. The molecule has 2 aromatic rings. The molecule has 0 atom stereocenters. The number of halogens is 1. The maximum Gasteiger partial charge on any atom is 0.255 e. The summed E-state index contributed by atoms with van der Waals surface area (Å²) in [5.74, 6) is 0.0584. The lowest BCUT2D eigenvalue weighted by Gasteiger charge is -2.34. The Balaban J connectivity index is 1.50. The van der Waals surface area contributed by atoms with E-state index in [0.717, 1.165) is 43.7 Å². The Morgan fingerprint density at radius 1 is 1.14 bits per heavy atom. The molecule has 3 rings (SSSR count). The molecule has 1 fully saturated rings. The number of carbonyl (C=O) groups is 1. The molecule has 3 heterocycles. The van der Waals surface area contributed by atoms with E-state index in [0.29, 0.717) is 5.56 Å². The summed E-state index contributed by atoms with van der Waals surface area (Å²) in [5.41, 5.74) is 0.640. The summed E-state index contributed by atoms with van der Waals surface area (Å²) in [4.78, 5) is 24.8. The monoisotopic (exact) mass is 363 g/mol. The van der Waals surface area contributed by atoms with Crippen LogP contribution in [0, 0.1) is 0 Å². The average Bonchev–Trinajstić information content (AvgIpc) is 3.06. The Hall–Kier alpha value is -1.73. The van der Waals surface area contributed by atoms with Gasteiger partial charge in [0.05, 0.1) is 11.9 Å². The first-order valence-electron chi connectivity index (χ1n) is 7.30. The van der Waals surface area contributed by atoms with Crippen molar-refractivity contribution in [2.45, 2.75) is 6.54 Å². The summed E-state index contributed by atoms with van der Waals surface area (Å²) in [7, 11) is 0. The highest BCUT2D eigenvalue weighted by Gasteiger charge is 2.22. The number of pyridine rings is 1. The van der Waals surface area contributed by atoms with Crippen LogP contribution in [-0.2, 0) is 6.54 Å². The molecule has 0 N–H and O–H groups in total. The molecule has 1 aliphatic heterocycles. The maximum absolute atomic E-state index is 12.4. The maximum atomic E-state index is 12.4. The highest BCUT2D eigenvalue weighted by molar-refractivity contribution is 9.10. The first-order valence-corrected chi connectivity index (χ1v) is 8.09. The number of piperazine rings is 1. The topological polar surface area (TPSA) is 54.3 Å². The van der Waals surface area contributed by atoms with E-state index in [1.807, 2.05) is 23.5 Å². The van der Waals surface area contributed by atoms with Crippen molar-refractivity contribution in [3.05, 3.63) is 47.2 Å². The fraction of sp³-hybridized carbons (Fsp3) is 0.400. The second kappa shape index (κ2) is 7.02. The van der Waals surface area contributed by atoms with Crippen LogP contribution in [0.25, 0.3) is 0 Å². The third-order valence-electron chi connectivity index (χ3n) is 3.84. The number of hydrogen-bond donors (Lipinski definition) is 0. The van der Waals surface area contributed by atoms with Gasteiger partial charge in [0.1, 0.15) is 0 Å². The molecule has 22 heavy (non-hydrogen) atoms. The third kappa shape index (κ3) is 3.72. The molecule has 116 valence electrons. The molecule has 0 bridgehead atoms. The fourth-order valence-electron chi connectivity index (χ4n) is 2.56. The average molecular weight is 364 g/mol. The van der Waals surface area contributed by atoms with Crippen LogP contribution in [0.3, 0.4) is 0 Å². The molecule has 1 saturated heterocycles. The number of rotatable bonds is 4. The van der Waals surface area contributed by atoms with Crippen molar-refractivity contribution in [1.82, 2.24) is 24.3 Å². The van der Waals surface area contributed by atoms with Crippen molar-refractivity contribution >= 4 is 21.8 Å². The van der Waals surface area contributed by atoms with Gasteiger partial charge in [-0.1, -0.05) is 0 Å². The zero-order valence-corrected chi connectivity index (χ0v) is 13.8. The third-order valence-corrected chi connectivity index (χ3v) is 4.28. The van der Waals surface area contributed by atoms with E-state index < -0.39 is 0 Å². The summed E-state index contributed by atoms with van der Waals surface area (Å²) in [5, 5.41) is 0. The molecule has 0 aromatic carbocycles. The minimum Gasteiger partial charge on any atom is -0.336 e. The Bertz CT molecular complexity index is 623. The zero-order chi connectivity index (χ0) is 15.4. The van der Waals surface area contributed by atoms with Gasteiger partial charge in [0, 0.05) is 68.5 Å². The highest BCUT2D eigenvalue weighted by Crippen LogP contribution is 2.13. The summed E-state index contributed by atoms with van der Waals surface area (Å²) in [6, 6.07) is 1.82. The van der Waals surface area contributed by atoms with Gasteiger partial charge in [-0.15, -0.1) is 0 Å². The van der Waals surface area contributed by atoms with Crippen LogP contribution >= 0.6 is 15.9 Å². The molecule has 0 spiro atoms. The Morgan fingerprint density at radius 3 is 2.64 bits per heavy atom. The lowest BCUT2D eigenvalue weighted by molar-refractivity contribution is 0.0632. The van der Waals surface area contributed by atoms with E-state index in [2.05, 4.69) is 35.4 Å².